The van der Waals surface area contributed by atoms with Crippen LogP contribution in [-0.2, 0) is 0 Å². The van der Waals surface area contributed by atoms with E-state index in [0.717, 1.165) is 4.90 Å². The highest BCUT2D eigenvalue weighted by molar-refractivity contribution is 6.31. The summed E-state index contributed by atoms with van der Waals surface area (Å²) in [5.41, 5.74) is 17.7. The third kappa shape index (κ3) is 7.63. The normalized spacial score (nSPS) is 13.6. The molecule has 198 valence electrons. The lowest BCUT2D eigenvalue weighted by atomic mass is 10.00. The molecule has 0 saturated carbocycles. The molecule has 13 nitrogen and oxygen atoms in total. The van der Waals surface area contributed by atoms with E-state index >= 15 is 0 Å². The molecule has 1 heterocycles. The van der Waals surface area contributed by atoms with Crippen molar-refractivity contribution in [2.45, 2.75) is 38.0 Å². The number of benzene rings is 1. The van der Waals surface area contributed by atoms with Crippen LogP contribution in [0.15, 0.2) is 24.3 Å². The van der Waals surface area contributed by atoms with Gasteiger partial charge in [0.1, 0.15) is 18.5 Å². The summed E-state index contributed by atoms with van der Waals surface area (Å²) >= 11 is 5.92. The summed E-state index contributed by atoms with van der Waals surface area (Å²) in [5.74, 6) is -0.998. The number of hydrogen-bond donors (Lipinski definition) is 8. The second-order valence-corrected chi connectivity index (χ2v) is 8.30. The van der Waals surface area contributed by atoms with Gasteiger partial charge in [0, 0.05) is 13.1 Å². The van der Waals surface area contributed by atoms with Gasteiger partial charge in [-0.25, -0.2) is 9.97 Å². The number of halogens is 1. The van der Waals surface area contributed by atoms with E-state index < -0.39 is 36.7 Å². The predicted octanol–water partition coefficient (Wildman–Crippen LogP) is -0.146. The van der Waals surface area contributed by atoms with Crippen molar-refractivity contribution in [1.82, 2.24) is 20.2 Å². The summed E-state index contributed by atoms with van der Waals surface area (Å²) in [6, 6.07) is 6.38. The van der Waals surface area contributed by atoms with Gasteiger partial charge in [0.15, 0.2) is 28.4 Å². The zero-order valence-electron chi connectivity index (χ0n) is 19.9. The molecule has 0 aliphatic carbocycles. The number of aromatic nitrogens is 2. The largest absolute Gasteiger partial charge is 0.492 e. The summed E-state index contributed by atoms with van der Waals surface area (Å²) in [6.45, 7) is 2.20. The number of hydrogen-bond acceptors (Lipinski definition) is 11. The molecule has 1 aromatic heterocycles. The number of carbonyl (C=O) groups is 1. The number of nitrogens with zero attached hydrogens (tertiary/aromatic N) is 3. The molecule has 2 rings (SSSR count). The first-order chi connectivity index (χ1) is 17.1. The van der Waals surface area contributed by atoms with Crippen LogP contribution < -0.4 is 27.3 Å². The lowest BCUT2D eigenvalue weighted by Crippen LogP contribution is -2.44. The van der Waals surface area contributed by atoms with Crippen LogP contribution in [0.2, 0.25) is 5.15 Å². The zero-order chi connectivity index (χ0) is 26.8. The number of amides is 1. The Balaban J connectivity index is 2.12. The van der Waals surface area contributed by atoms with Crippen LogP contribution in [0.4, 0.5) is 11.6 Å². The van der Waals surface area contributed by atoms with Crippen molar-refractivity contribution in [3.05, 3.63) is 40.7 Å². The zero-order valence-corrected chi connectivity index (χ0v) is 20.6. The number of nitrogens with one attached hydrogen (secondary N) is 2. The topological polar surface area (TPSA) is 230 Å². The highest BCUT2D eigenvalue weighted by Crippen LogP contribution is 2.30. The standard InChI is InChI=1S/C22H33ClN8O5/c1-2-3-14(31(22(26)27)21(35)17-19(24)30-20(25)18(23)29-17)12-4-6-13(7-5-12)36-9-8-28-10-15(33)16(34)11-32/h4-7,14-16,28,32-34H,2-3,8-11H2,1H3,(H3,26,27)(H4,24,25,30)/t14?,15-,16+/m0/s1. The number of rotatable bonds is 13. The Morgan fingerprint density at radius 3 is 2.44 bits per heavy atom. The third-order valence-corrected chi connectivity index (χ3v) is 5.53. The van der Waals surface area contributed by atoms with Gasteiger partial charge >= 0.3 is 0 Å². The van der Waals surface area contributed by atoms with Crippen molar-refractivity contribution < 1.29 is 24.9 Å². The summed E-state index contributed by atoms with van der Waals surface area (Å²) < 4.78 is 5.67. The van der Waals surface area contributed by atoms with Gasteiger partial charge in [-0.1, -0.05) is 37.1 Å². The van der Waals surface area contributed by atoms with Gasteiger partial charge in [-0.15, -0.1) is 0 Å². The van der Waals surface area contributed by atoms with E-state index in [0.29, 0.717) is 30.7 Å². The van der Waals surface area contributed by atoms with Gasteiger partial charge in [-0.05, 0) is 24.1 Å². The van der Waals surface area contributed by atoms with Gasteiger partial charge in [-0.2, -0.15) is 0 Å². The fourth-order valence-corrected chi connectivity index (χ4v) is 3.51. The van der Waals surface area contributed by atoms with Crippen molar-refractivity contribution in [2.24, 2.45) is 5.73 Å². The van der Waals surface area contributed by atoms with E-state index in [9.17, 15) is 15.0 Å². The van der Waals surface area contributed by atoms with Crippen LogP contribution in [0.25, 0.3) is 0 Å². The monoisotopic (exact) mass is 524 g/mol. The molecule has 14 heteroatoms. The summed E-state index contributed by atoms with van der Waals surface area (Å²) in [5, 5.41) is 38.5. The minimum Gasteiger partial charge on any atom is -0.492 e. The average Bonchev–Trinajstić information content (AvgIpc) is 2.85. The number of carbonyl (C=O) groups excluding carboxylic acids is 1. The number of aliphatic hydroxyl groups excluding tert-OH is 3. The van der Waals surface area contributed by atoms with E-state index in [-0.39, 0.29) is 35.6 Å². The molecule has 1 aromatic carbocycles. The molecular weight excluding hydrogens is 492 g/mol. The summed E-state index contributed by atoms with van der Waals surface area (Å²) in [4.78, 5) is 22.1. The first-order valence-corrected chi connectivity index (χ1v) is 11.6. The first kappa shape index (κ1) is 29.0. The van der Waals surface area contributed by atoms with Crippen LogP contribution in [0.1, 0.15) is 41.9 Å². The van der Waals surface area contributed by atoms with Crippen molar-refractivity contribution in [1.29, 1.82) is 5.41 Å². The highest BCUT2D eigenvalue weighted by Gasteiger charge is 2.31. The number of guanidine groups is 1. The molecule has 1 unspecified atom stereocenters. The number of anilines is 2. The molecular formula is C22H33ClN8O5. The Morgan fingerprint density at radius 2 is 1.86 bits per heavy atom. The van der Waals surface area contributed by atoms with Crippen molar-refractivity contribution in [3.63, 3.8) is 0 Å². The first-order valence-electron chi connectivity index (χ1n) is 11.3. The fraction of sp³-hybridized carbons (Fsp3) is 0.455. The van der Waals surface area contributed by atoms with Crippen LogP contribution in [0.3, 0.4) is 0 Å². The maximum absolute atomic E-state index is 13.3. The summed E-state index contributed by atoms with van der Waals surface area (Å²) in [6.07, 6.45) is -1.11. The summed E-state index contributed by atoms with van der Waals surface area (Å²) in [7, 11) is 0. The molecule has 0 bridgehead atoms. The maximum Gasteiger partial charge on any atom is 0.283 e. The van der Waals surface area contributed by atoms with Gasteiger partial charge < -0.3 is 42.6 Å². The molecule has 0 aliphatic rings. The molecule has 3 atom stereocenters. The Morgan fingerprint density at radius 1 is 1.19 bits per heavy atom. The Bertz CT molecular complexity index is 1030. The molecule has 0 saturated heterocycles. The number of aliphatic hydroxyl groups is 3. The van der Waals surface area contributed by atoms with E-state index in [1.54, 1.807) is 24.3 Å². The minimum absolute atomic E-state index is 0.103. The Hall–Kier alpha value is -3.23. The molecule has 0 aliphatic heterocycles. The van der Waals surface area contributed by atoms with Gasteiger partial charge in [0.2, 0.25) is 0 Å². The average molecular weight is 525 g/mol. The number of ether oxygens (including phenoxy) is 1. The minimum atomic E-state index is -1.20. The molecule has 2 aromatic rings. The second-order valence-electron chi connectivity index (χ2n) is 7.94. The van der Waals surface area contributed by atoms with E-state index in [1.165, 1.54) is 0 Å². The van der Waals surface area contributed by atoms with Gasteiger partial charge in [0.25, 0.3) is 5.91 Å². The SMILES string of the molecule is CCCC(c1ccc(OCCNC[C@H](O)[C@H](O)CO)cc1)N(C(=N)N)C(=O)c1nc(Cl)c(N)nc1N. The highest BCUT2D eigenvalue weighted by atomic mass is 35.5. The third-order valence-electron chi connectivity index (χ3n) is 5.26. The lowest BCUT2D eigenvalue weighted by Gasteiger charge is -2.30. The smallest absolute Gasteiger partial charge is 0.283 e. The van der Waals surface area contributed by atoms with Crippen molar-refractivity contribution in [2.75, 3.05) is 37.8 Å². The van der Waals surface area contributed by atoms with Crippen LogP contribution in [0.5, 0.6) is 5.75 Å². The Labute approximate surface area is 213 Å². The van der Waals surface area contributed by atoms with Crippen LogP contribution in [-0.4, -0.2) is 80.6 Å². The number of nitrogens with two attached hydrogens (primary N) is 3. The number of nitrogen functional groups attached to an aromatic ring is 2. The molecule has 0 radical (unpaired) electrons. The molecule has 11 N–H and O–H groups in total. The van der Waals surface area contributed by atoms with Gasteiger partial charge in [0.05, 0.1) is 18.8 Å². The molecule has 36 heavy (non-hydrogen) atoms. The van der Waals surface area contributed by atoms with E-state index in [2.05, 4.69) is 15.3 Å². The van der Waals surface area contributed by atoms with E-state index in [1.807, 2.05) is 6.92 Å². The molecule has 0 fully saturated rings. The maximum atomic E-state index is 13.3. The quantitative estimate of drug-likeness (QED) is 0.0974. The lowest BCUT2D eigenvalue weighted by molar-refractivity contribution is -0.0130. The van der Waals surface area contributed by atoms with E-state index in [4.69, 9.17) is 44.1 Å². The fourth-order valence-electron chi connectivity index (χ4n) is 3.39. The molecule has 1 amide bonds. The van der Waals surface area contributed by atoms with Crippen LogP contribution in [0, 0.1) is 5.41 Å². The van der Waals surface area contributed by atoms with Gasteiger partial charge in [-0.3, -0.25) is 15.1 Å². The van der Waals surface area contributed by atoms with Crippen LogP contribution >= 0.6 is 11.6 Å². The Kier molecular flexibility index (Phi) is 11.1. The predicted molar refractivity (Wildman–Crippen MR) is 136 cm³/mol. The van der Waals surface area contributed by atoms with Crippen molar-refractivity contribution >= 4 is 35.1 Å². The molecule has 0 spiro atoms. The van der Waals surface area contributed by atoms with Crippen molar-refractivity contribution in [3.8, 4) is 5.75 Å². The second kappa shape index (κ2) is 13.8.